The van der Waals surface area contributed by atoms with E-state index in [0.717, 1.165) is 25.7 Å². The normalized spacial score (nSPS) is 17.5. The van der Waals surface area contributed by atoms with Crippen LogP contribution in [0.25, 0.3) is 0 Å². The molecule has 19 heavy (non-hydrogen) atoms. The van der Waals surface area contributed by atoms with Crippen molar-refractivity contribution in [3.8, 4) is 0 Å². The van der Waals surface area contributed by atoms with Gasteiger partial charge >= 0.3 is 0 Å². The number of aromatic nitrogens is 1. The molecule has 1 N–H and O–H groups in total. The van der Waals surface area contributed by atoms with E-state index in [1.165, 1.54) is 0 Å². The van der Waals surface area contributed by atoms with Crippen molar-refractivity contribution in [2.45, 2.75) is 50.2 Å². The largest absolute Gasteiger partial charge is 0.390 e. The minimum atomic E-state index is -3.44. The van der Waals surface area contributed by atoms with E-state index in [0.29, 0.717) is 12.2 Å². The van der Waals surface area contributed by atoms with Crippen molar-refractivity contribution in [3.05, 3.63) is 18.0 Å². The highest BCUT2D eigenvalue weighted by Gasteiger charge is 2.32. The van der Waals surface area contributed by atoms with Crippen LogP contribution in [0.15, 0.2) is 17.2 Å². The summed E-state index contributed by atoms with van der Waals surface area (Å²) in [4.78, 5) is 0.285. The zero-order chi connectivity index (χ0) is 14.0. The van der Waals surface area contributed by atoms with E-state index in [1.54, 1.807) is 28.2 Å². The molecule has 2 rings (SSSR count). The number of hydrogen-bond acceptors (Lipinski definition) is 3. The first-order valence-corrected chi connectivity index (χ1v) is 8.22. The molecule has 0 aliphatic heterocycles. The molecule has 1 saturated carbocycles. The van der Waals surface area contributed by atoms with Gasteiger partial charge in [-0.25, -0.2) is 8.42 Å². The molecule has 1 aliphatic carbocycles. The van der Waals surface area contributed by atoms with Gasteiger partial charge in [-0.2, -0.15) is 4.31 Å². The van der Waals surface area contributed by atoms with Crippen LogP contribution in [0, 0.1) is 0 Å². The minimum absolute atomic E-state index is 0.132. The van der Waals surface area contributed by atoms with Gasteiger partial charge in [-0.05, 0) is 18.9 Å². The van der Waals surface area contributed by atoms with Crippen LogP contribution in [0.1, 0.15) is 38.3 Å². The van der Waals surface area contributed by atoms with Gasteiger partial charge in [-0.15, -0.1) is 0 Å². The van der Waals surface area contributed by atoms with E-state index in [9.17, 15) is 13.5 Å². The van der Waals surface area contributed by atoms with Gasteiger partial charge in [0.15, 0.2) is 0 Å². The summed E-state index contributed by atoms with van der Waals surface area (Å²) in [6.45, 7) is 2.23. The summed E-state index contributed by atoms with van der Waals surface area (Å²) in [5.74, 6) is 0. The van der Waals surface area contributed by atoms with E-state index < -0.39 is 10.0 Å². The summed E-state index contributed by atoms with van der Waals surface area (Å²) in [5.41, 5.74) is 0.612. The Bertz CT molecular complexity index is 530. The Labute approximate surface area is 114 Å². The molecular weight excluding hydrogens is 264 g/mol. The Hall–Kier alpha value is -0.850. The lowest BCUT2D eigenvalue weighted by Gasteiger charge is -2.26. The number of nitrogens with zero attached hydrogens (tertiary/aromatic N) is 2. The maximum absolute atomic E-state index is 12.7. The van der Waals surface area contributed by atoms with Gasteiger partial charge in [0.25, 0.3) is 0 Å². The fraction of sp³-hybridized carbons (Fsp3) is 0.692. The Morgan fingerprint density at radius 1 is 1.42 bits per heavy atom. The molecule has 0 amide bonds. The van der Waals surface area contributed by atoms with E-state index >= 15 is 0 Å². The number of hydrogen-bond donors (Lipinski definition) is 1. The third-order valence-corrected chi connectivity index (χ3v) is 5.89. The summed E-state index contributed by atoms with van der Waals surface area (Å²) in [6, 6.07) is 1.69. The summed E-state index contributed by atoms with van der Waals surface area (Å²) in [6.07, 6.45) is 5.69. The quantitative estimate of drug-likeness (QED) is 0.891. The van der Waals surface area contributed by atoms with Gasteiger partial charge in [0.2, 0.25) is 10.0 Å². The fourth-order valence-corrected chi connectivity index (χ4v) is 4.62. The lowest BCUT2D eigenvalue weighted by Crippen LogP contribution is -2.38. The van der Waals surface area contributed by atoms with E-state index in [2.05, 4.69) is 0 Å². The van der Waals surface area contributed by atoms with Crippen molar-refractivity contribution in [1.29, 1.82) is 0 Å². The molecule has 0 bridgehead atoms. The van der Waals surface area contributed by atoms with Gasteiger partial charge in [0.05, 0.1) is 6.61 Å². The second kappa shape index (κ2) is 5.64. The van der Waals surface area contributed by atoms with Gasteiger partial charge < -0.3 is 9.67 Å². The summed E-state index contributed by atoms with van der Waals surface area (Å²) >= 11 is 0. The van der Waals surface area contributed by atoms with E-state index in [1.807, 2.05) is 6.92 Å². The molecule has 108 valence electrons. The van der Waals surface area contributed by atoms with Crippen LogP contribution >= 0.6 is 0 Å². The van der Waals surface area contributed by atoms with Crippen LogP contribution in [0.5, 0.6) is 0 Å². The standard InChI is InChI=1S/C13H22N2O3S/c1-3-15(11-6-4-5-7-11)19(17,18)13-8-12(10-16)14(2)9-13/h8-9,11,16H,3-7,10H2,1-2H3. The smallest absolute Gasteiger partial charge is 0.244 e. The second-order valence-corrected chi connectivity index (χ2v) is 6.97. The maximum atomic E-state index is 12.7. The SMILES string of the molecule is CCN(C1CCCC1)S(=O)(=O)c1cc(CO)n(C)c1. The molecule has 5 nitrogen and oxygen atoms in total. The fourth-order valence-electron chi connectivity index (χ4n) is 2.83. The zero-order valence-corrected chi connectivity index (χ0v) is 12.4. The molecular formula is C13H22N2O3S. The van der Waals surface area contributed by atoms with Crippen molar-refractivity contribution >= 4 is 10.0 Å². The molecule has 0 saturated heterocycles. The third kappa shape index (κ3) is 2.70. The van der Waals surface area contributed by atoms with Gasteiger partial charge in [0.1, 0.15) is 4.90 Å². The van der Waals surface area contributed by atoms with Crippen LogP contribution in [-0.2, 0) is 23.7 Å². The van der Waals surface area contributed by atoms with Gasteiger partial charge in [-0.1, -0.05) is 19.8 Å². The summed E-state index contributed by atoms with van der Waals surface area (Å²) in [5, 5.41) is 9.18. The highest BCUT2D eigenvalue weighted by Crippen LogP contribution is 2.29. The molecule has 1 aliphatic rings. The molecule has 0 spiro atoms. The molecule has 1 heterocycles. The topological polar surface area (TPSA) is 62.5 Å². The first-order chi connectivity index (χ1) is 9.00. The highest BCUT2D eigenvalue weighted by molar-refractivity contribution is 7.89. The number of aliphatic hydroxyl groups is 1. The molecule has 0 aromatic carbocycles. The molecule has 0 atom stereocenters. The first-order valence-electron chi connectivity index (χ1n) is 6.78. The lowest BCUT2D eigenvalue weighted by atomic mass is 10.2. The number of aryl methyl sites for hydroxylation is 1. The molecule has 1 aromatic rings. The van der Waals surface area contributed by atoms with Crippen molar-refractivity contribution in [1.82, 2.24) is 8.87 Å². The van der Waals surface area contributed by atoms with E-state index in [-0.39, 0.29) is 17.5 Å². The predicted molar refractivity (Wildman–Crippen MR) is 73.2 cm³/mol. The Morgan fingerprint density at radius 2 is 2.05 bits per heavy atom. The lowest BCUT2D eigenvalue weighted by molar-refractivity contribution is 0.272. The molecule has 1 fully saturated rings. The molecule has 0 unspecified atom stereocenters. The van der Waals surface area contributed by atoms with Crippen molar-refractivity contribution in [2.75, 3.05) is 6.54 Å². The minimum Gasteiger partial charge on any atom is -0.390 e. The number of rotatable bonds is 5. The monoisotopic (exact) mass is 286 g/mol. The van der Waals surface area contributed by atoms with Crippen LogP contribution in [0.4, 0.5) is 0 Å². The van der Waals surface area contributed by atoms with Crippen LogP contribution in [0.2, 0.25) is 0 Å². The van der Waals surface area contributed by atoms with Crippen LogP contribution in [0.3, 0.4) is 0 Å². The van der Waals surface area contributed by atoms with Gasteiger partial charge in [0, 0.05) is 31.5 Å². The highest BCUT2D eigenvalue weighted by atomic mass is 32.2. The summed E-state index contributed by atoms with van der Waals surface area (Å²) in [7, 11) is -1.70. The van der Waals surface area contributed by atoms with E-state index in [4.69, 9.17) is 0 Å². The number of aliphatic hydroxyl groups excluding tert-OH is 1. The summed E-state index contributed by atoms with van der Waals surface area (Å²) < 4.78 is 28.6. The third-order valence-electron chi connectivity index (χ3n) is 3.90. The molecule has 0 radical (unpaired) electrons. The predicted octanol–water partition coefficient (Wildman–Crippen LogP) is 1.47. The molecule has 1 aromatic heterocycles. The second-order valence-electron chi connectivity index (χ2n) is 5.08. The van der Waals surface area contributed by atoms with Crippen molar-refractivity contribution in [2.24, 2.45) is 7.05 Å². The average Bonchev–Trinajstić information content (AvgIpc) is 2.99. The first kappa shape index (κ1) is 14.6. The number of sulfonamides is 1. The Kier molecular flexibility index (Phi) is 4.32. The van der Waals surface area contributed by atoms with Crippen molar-refractivity contribution < 1.29 is 13.5 Å². The maximum Gasteiger partial charge on any atom is 0.244 e. The zero-order valence-electron chi connectivity index (χ0n) is 11.5. The van der Waals surface area contributed by atoms with Crippen molar-refractivity contribution in [3.63, 3.8) is 0 Å². The average molecular weight is 286 g/mol. The van der Waals surface area contributed by atoms with Crippen LogP contribution in [-0.4, -0.2) is 35.0 Å². The molecule has 6 heteroatoms. The Morgan fingerprint density at radius 3 is 2.53 bits per heavy atom. The van der Waals surface area contributed by atoms with Crippen LogP contribution < -0.4 is 0 Å². The van der Waals surface area contributed by atoms with Gasteiger partial charge in [-0.3, -0.25) is 0 Å². The Balaban J connectivity index is 2.33.